The minimum Gasteiger partial charge on any atom is -0.461 e. The molecule has 8 heteroatoms. The summed E-state index contributed by atoms with van der Waals surface area (Å²) < 4.78 is 22.2. The zero-order chi connectivity index (χ0) is 22.3. The number of allylic oxidation sites excluding steroid dienone is 1. The normalized spacial score (nSPS) is 34.6. The molecule has 3 heterocycles. The Morgan fingerprint density at radius 3 is 2.63 bits per heavy atom. The van der Waals surface area contributed by atoms with Crippen molar-refractivity contribution in [3.05, 3.63) is 34.6 Å². The van der Waals surface area contributed by atoms with Crippen LogP contribution in [0.2, 0.25) is 0 Å². The number of hydrogen-bond acceptors (Lipinski definition) is 8. The van der Waals surface area contributed by atoms with Gasteiger partial charge in [0.15, 0.2) is 5.79 Å². The molecule has 1 saturated heterocycles. The molecule has 2 bridgehead atoms. The van der Waals surface area contributed by atoms with Crippen LogP contribution in [0.15, 0.2) is 34.6 Å². The van der Waals surface area contributed by atoms with Crippen molar-refractivity contribution in [1.29, 1.82) is 0 Å². The standard InChI is InChI=1S/C22H28O8/c1-12(2)8-18(24)28-16-9-13(3)22(26)7-6-21(5,30-22)10-17-19(16)15(20(25)29-17)11-27-14(4)23/h8,10,13,16,26H,6-7,9,11H2,1-5H3/b17-10+/t13-,16+,21-,22+/m0/s1. The van der Waals surface area contributed by atoms with E-state index in [9.17, 15) is 19.5 Å². The number of rotatable bonds is 4. The van der Waals surface area contributed by atoms with Crippen molar-refractivity contribution >= 4 is 17.9 Å². The van der Waals surface area contributed by atoms with E-state index < -0.39 is 41.3 Å². The fourth-order valence-corrected chi connectivity index (χ4v) is 4.04. The first-order valence-corrected chi connectivity index (χ1v) is 10.0. The first-order chi connectivity index (χ1) is 13.9. The van der Waals surface area contributed by atoms with Crippen LogP contribution >= 0.6 is 0 Å². The molecule has 0 amide bonds. The summed E-state index contributed by atoms with van der Waals surface area (Å²) >= 11 is 0. The lowest BCUT2D eigenvalue weighted by atomic mass is 9.86. The lowest BCUT2D eigenvalue weighted by Crippen LogP contribution is -2.40. The van der Waals surface area contributed by atoms with Crippen molar-refractivity contribution in [2.45, 2.75) is 71.4 Å². The summed E-state index contributed by atoms with van der Waals surface area (Å²) in [6.45, 7) is 8.08. The summed E-state index contributed by atoms with van der Waals surface area (Å²) in [4.78, 5) is 36.3. The molecule has 4 atom stereocenters. The average Bonchev–Trinajstić information content (AvgIpc) is 3.08. The molecule has 0 aliphatic carbocycles. The molecule has 3 aliphatic rings. The molecule has 3 aliphatic heterocycles. The molecule has 3 rings (SSSR count). The van der Waals surface area contributed by atoms with Crippen LogP contribution in [0.25, 0.3) is 0 Å². The number of carbonyl (C=O) groups excluding carboxylic acids is 3. The molecule has 0 aromatic heterocycles. The van der Waals surface area contributed by atoms with Crippen molar-refractivity contribution < 1.29 is 38.4 Å². The zero-order valence-corrected chi connectivity index (χ0v) is 17.9. The van der Waals surface area contributed by atoms with Gasteiger partial charge in [-0.3, -0.25) is 4.79 Å². The van der Waals surface area contributed by atoms with Gasteiger partial charge in [-0.1, -0.05) is 12.5 Å². The Morgan fingerprint density at radius 1 is 1.30 bits per heavy atom. The van der Waals surface area contributed by atoms with Gasteiger partial charge in [0.1, 0.15) is 18.5 Å². The van der Waals surface area contributed by atoms with E-state index in [2.05, 4.69) is 0 Å². The van der Waals surface area contributed by atoms with Crippen molar-refractivity contribution in [3.8, 4) is 0 Å². The smallest absolute Gasteiger partial charge is 0.343 e. The van der Waals surface area contributed by atoms with Crippen LogP contribution < -0.4 is 0 Å². The molecule has 30 heavy (non-hydrogen) atoms. The molecule has 0 aromatic rings. The third-order valence-electron chi connectivity index (χ3n) is 5.61. The number of fused-ring (bicyclic) bond motifs is 3. The third kappa shape index (κ3) is 4.49. The van der Waals surface area contributed by atoms with Gasteiger partial charge in [-0.25, -0.2) is 9.59 Å². The van der Waals surface area contributed by atoms with E-state index in [1.807, 2.05) is 6.92 Å². The van der Waals surface area contributed by atoms with E-state index in [-0.39, 0.29) is 24.4 Å². The Labute approximate surface area is 175 Å². The quantitative estimate of drug-likeness (QED) is 0.420. The van der Waals surface area contributed by atoms with E-state index >= 15 is 0 Å². The Bertz CT molecular complexity index is 862. The highest BCUT2D eigenvalue weighted by Crippen LogP contribution is 2.47. The van der Waals surface area contributed by atoms with E-state index in [0.29, 0.717) is 18.4 Å². The maximum absolute atomic E-state index is 12.6. The predicted molar refractivity (Wildman–Crippen MR) is 105 cm³/mol. The fraction of sp³-hybridized carbons (Fsp3) is 0.591. The largest absolute Gasteiger partial charge is 0.461 e. The minimum atomic E-state index is -1.40. The van der Waals surface area contributed by atoms with Crippen LogP contribution in [-0.4, -0.2) is 47.1 Å². The summed E-state index contributed by atoms with van der Waals surface area (Å²) in [7, 11) is 0. The van der Waals surface area contributed by atoms with Crippen molar-refractivity contribution in [1.82, 2.24) is 0 Å². The van der Waals surface area contributed by atoms with Crippen LogP contribution in [0.5, 0.6) is 0 Å². The first-order valence-electron chi connectivity index (χ1n) is 10.0. The minimum absolute atomic E-state index is 0.118. The van der Waals surface area contributed by atoms with E-state index in [1.54, 1.807) is 26.8 Å². The van der Waals surface area contributed by atoms with Gasteiger partial charge in [-0.15, -0.1) is 0 Å². The molecule has 0 radical (unpaired) electrons. The van der Waals surface area contributed by atoms with Crippen LogP contribution in [0.3, 0.4) is 0 Å². The molecule has 164 valence electrons. The number of aliphatic hydroxyl groups is 1. The molecule has 0 aromatic carbocycles. The molecular formula is C22H28O8. The van der Waals surface area contributed by atoms with E-state index in [1.165, 1.54) is 13.0 Å². The predicted octanol–water partition coefficient (Wildman–Crippen LogP) is 2.46. The molecule has 8 nitrogen and oxygen atoms in total. The summed E-state index contributed by atoms with van der Waals surface area (Å²) in [5.41, 5.74) is 0.365. The second-order valence-electron chi connectivity index (χ2n) is 8.61. The number of carbonyl (C=O) groups is 3. The summed E-state index contributed by atoms with van der Waals surface area (Å²) in [6.07, 6.45) is 3.23. The molecule has 0 unspecified atom stereocenters. The Kier molecular flexibility index (Phi) is 5.93. The number of ether oxygens (including phenoxy) is 4. The second-order valence-corrected chi connectivity index (χ2v) is 8.61. The van der Waals surface area contributed by atoms with Gasteiger partial charge in [0.2, 0.25) is 0 Å². The molecule has 1 N–H and O–H groups in total. The van der Waals surface area contributed by atoms with Gasteiger partial charge < -0.3 is 24.1 Å². The third-order valence-corrected chi connectivity index (χ3v) is 5.61. The highest BCUT2D eigenvalue weighted by molar-refractivity contribution is 5.95. The highest BCUT2D eigenvalue weighted by atomic mass is 16.6. The highest BCUT2D eigenvalue weighted by Gasteiger charge is 2.52. The van der Waals surface area contributed by atoms with Gasteiger partial charge in [0.25, 0.3) is 0 Å². The Hall–Kier alpha value is -2.45. The Balaban J connectivity index is 2.10. The number of hydrogen-bond donors (Lipinski definition) is 1. The monoisotopic (exact) mass is 420 g/mol. The SMILES string of the molecule is CC(=O)OCC1=C2/C(=C\[C@]3(C)CC[C@@](O)(O3)[C@@H](C)C[C@H]2OC(=O)C=C(C)C)OC1=O. The van der Waals surface area contributed by atoms with Gasteiger partial charge in [0.05, 0.1) is 11.2 Å². The van der Waals surface area contributed by atoms with E-state index in [4.69, 9.17) is 18.9 Å². The molecule has 0 saturated carbocycles. The summed E-state index contributed by atoms with van der Waals surface area (Å²) in [6, 6.07) is 0. The zero-order valence-electron chi connectivity index (χ0n) is 17.9. The summed E-state index contributed by atoms with van der Waals surface area (Å²) in [5.74, 6) is -3.38. The maximum Gasteiger partial charge on any atom is 0.343 e. The number of esters is 3. The molecule has 0 spiro atoms. The van der Waals surface area contributed by atoms with Gasteiger partial charge in [-0.2, -0.15) is 0 Å². The Morgan fingerprint density at radius 2 is 2.00 bits per heavy atom. The van der Waals surface area contributed by atoms with E-state index in [0.717, 1.165) is 5.57 Å². The lowest BCUT2D eigenvalue weighted by molar-refractivity contribution is -0.238. The topological polar surface area (TPSA) is 108 Å². The van der Waals surface area contributed by atoms with Crippen molar-refractivity contribution in [3.63, 3.8) is 0 Å². The average molecular weight is 420 g/mol. The van der Waals surface area contributed by atoms with Gasteiger partial charge >= 0.3 is 17.9 Å². The van der Waals surface area contributed by atoms with Crippen LogP contribution in [0, 0.1) is 5.92 Å². The van der Waals surface area contributed by atoms with Gasteiger partial charge in [0, 0.05) is 30.9 Å². The van der Waals surface area contributed by atoms with Gasteiger partial charge in [-0.05, 0) is 39.7 Å². The lowest BCUT2D eigenvalue weighted by Gasteiger charge is -2.33. The maximum atomic E-state index is 12.6. The fourth-order valence-electron chi connectivity index (χ4n) is 4.04. The van der Waals surface area contributed by atoms with Crippen molar-refractivity contribution in [2.75, 3.05) is 6.61 Å². The first kappa shape index (κ1) is 22.2. The molecular weight excluding hydrogens is 392 g/mol. The van der Waals surface area contributed by atoms with Crippen molar-refractivity contribution in [2.24, 2.45) is 5.92 Å². The summed E-state index contributed by atoms with van der Waals surface area (Å²) in [5, 5.41) is 11.0. The van der Waals surface area contributed by atoms with Crippen LogP contribution in [0.4, 0.5) is 0 Å². The molecule has 1 fully saturated rings. The van der Waals surface area contributed by atoms with Crippen LogP contribution in [0.1, 0.15) is 53.9 Å². The second kappa shape index (κ2) is 8.00. The van der Waals surface area contributed by atoms with Crippen LogP contribution in [-0.2, 0) is 33.3 Å².